The van der Waals surface area contributed by atoms with Crippen molar-refractivity contribution < 1.29 is 28.7 Å². The van der Waals surface area contributed by atoms with Gasteiger partial charge < -0.3 is 36.8 Å². The Kier molecular flexibility index (Phi) is 6.41. The molecule has 1 aliphatic rings. The summed E-state index contributed by atoms with van der Waals surface area (Å²) in [5.41, 5.74) is 16.2. The SMILES string of the molecule is NC1(C(N)(N)P(=O)(O)O)CCCCCCC1CCP(=O)(O)O. The van der Waals surface area contributed by atoms with E-state index in [2.05, 4.69) is 0 Å². The summed E-state index contributed by atoms with van der Waals surface area (Å²) < 4.78 is 22.8. The highest BCUT2D eigenvalue weighted by Gasteiger charge is 2.58. The van der Waals surface area contributed by atoms with Gasteiger partial charge >= 0.3 is 15.2 Å². The largest absolute Gasteiger partial charge is 0.361 e. The van der Waals surface area contributed by atoms with Gasteiger partial charge in [-0.1, -0.05) is 25.7 Å². The van der Waals surface area contributed by atoms with Crippen molar-refractivity contribution in [3.63, 3.8) is 0 Å². The Labute approximate surface area is 130 Å². The van der Waals surface area contributed by atoms with E-state index in [0.29, 0.717) is 12.8 Å². The number of hydrogen-bond donors (Lipinski definition) is 7. The molecular weight excluding hydrogens is 332 g/mol. The van der Waals surface area contributed by atoms with Crippen molar-refractivity contribution in [2.75, 3.05) is 6.16 Å². The van der Waals surface area contributed by atoms with Crippen LogP contribution in [0.1, 0.15) is 44.9 Å². The van der Waals surface area contributed by atoms with E-state index in [9.17, 15) is 18.9 Å². The van der Waals surface area contributed by atoms with E-state index in [4.69, 9.17) is 27.0 Å². The Morgan fingerprint density at radius 3 is 2.09 bits per heavy atom. The van der Waals surface area contributed by atoms with Crippen LogP contribution in [0.2, 0.25) is 0 Å². The molecule has 132 valence electrons. The lowest BCUT2D eigenvalue weighted by Crippen LogP contribution is -2.73. The van der Waals surface area contributed by atoms with Crippen LogP contribution in [0.5, 0.6) is 0 Å². The fourth-order valence-corrected chi connectivity index (χ4v) is 4.63. The molecule has 0 aromatic rings. The molecule has 2 unspecified atom stereocenters. The molecule has 1 aliphatic carbocycles. The van der Waals surface area contributed by atoms with Gasteiger partial charge in [0.1, 0.15) is 0 Å². The molecule has 11 heteroatoms. The van der Waals surface area contributed by atoms with Crippen LogP contribution in [0.25, 0.3) is 0 Å². The molecule has 0 aliphatic heterocycles. The third-order valence-electron chi connectivity index (χ3n) is 4.62. The van der Waals surface area contributed by atoms with E-state index in [1.807, 2.05) is 0 Å². The van der Waals surface area contributed by atoms with E-state index >= 15 is 0 Å². The molecule has 0 radical (unpaired) electrons. The van der Waals surface area contributed by atoms with Crippen LogP contribution >= 0.6 is 15.2 Å². The van der Waals surface area contributed by atoms with E-state index in [-0.39, 0.29) is 12.8 Å². The third-order valence-corrected chi connectivity index (χ3v) is 6.84. The first kappa shape index (κ1) is 20.2. The molecule has 2 atom stereocenters. The van der Waals surface area contributed by atoms with Crippen LogP contribution in [0, 0.1) is 5.92 Å². The van der Waals surface area contributed by atoms with Crippen molar-refractivity contribution in [2.45, 2.75) is 55.9 Å². The third kappa shape index (κ3) is 4.60. The van der Waals surface area contributed by atoms with Gasteiger partial charge in [-0.2, -0.15) is 0 Å². The highest BCUT2D eigenvalue weighted by molar-refractivity contribution is 7.53. The highest BCUT2D eigenvalue weighted by Crippen LogP contribution is 2.54. The van der Waals surface area contributed by atoms with Crippen LogP contribution in [-0.2, 0) is 9.13 Å². The maximum atomic E-state index is 11.7. The number of hydrogen-bond acceptors (Lipinski definition) is 5. The molecule has 1 rings (SSSR count). The first-order valence-electron chi connectivity index (χ1n) is 7.28. The fraction of sp³-hybridized carbons (Fsp3) is 1.00. The molecule has 0 aromatic heterocycles. The summed E-state index contributed by atoms with van der Waals surface area (Å²) in [5, 5.41) is -2.43. The van der Waals surface area contributed by atoms with Crippen molar-refractivity contribution in [3.05, 3.63) is 0 Å². The lowest BCUT2D eigenvalue weighted by molar-refractivity contribution is 0.130. The highest BCUT2D eigenvalue weighted by atomic mass is 31.2. The summed E-state index contributed by atoms with van der Waals surface area (Å²) in [5.74, 6) is -0.567. The van der Waals surface area contributed by atoms with Gasteiger partial charge in [0.05, 0.1) is 11.7 Å². The van der Waals surface area contributed by atoms with Crippen LogP contribution in [0.3, 0.4) is 0 Å². The first-order valence-corrected chi connectivity index (χ1v) is 10.7. The average Bonchev–Trinajstić information content (AvgIpc) is 2.30. The lowest BCUT2D eigenvalue weighted by Gasteiger charge is -2.49. The summed E-state index contributed by atoms with van der Waals surface area (Å²) in [6.45, 7) is 0. The number of nitrogens with two attached hydrogens (primary N) is 3. The maximum Gasteiger partial charge on any atom is 0.361 e. The average molecular weight is 359 g/mol. The molecular formula is C11H27N3O6P2. The zero-order valence-electron chi connectivity index (χ0n) is 12.5. The molecule has 0 heterocycles. The zero-order valence-corrected chi connectivity index (χ0v) is 14.3. The van der Waals surface area contributed by atoms with Crippen molar-refractivity contribution in [1.29, 1.82) is 0 Å². The van der Waals surface area contributed by atoms with Crippen LogP contribution in [0.15, 0.2) is 0 Å². The van der Waals surface area contributed by atoms with Gasteiger partial charge in [0, 0.05) is 0 Å². The van der Waals surface area contributed by atoms with Gasteiger partial charge in [0.25, 0.3) is 0 Å². The minimum Gasteiger partial charge on any atom is -0.324 e. The van der Waals surface area contributed by atoms with E-state index in [0.717, 1.165) is 19.3 Å². The van der Waals surface area contributed by atoms with E-state index in [1.165, 1.54) is 0 Å². The Morgan fingerprint density at radius 2 is 1.59 bits per heavy atom. The first-order chi connectivity index (χ1) is 9.81. The Bertz CT molecular complexity index is 476. The van der Waals surface area contributed by atoms with Gasteiger partial charge in [-0.15, -0.1) is 0 Å². The van der Waals surface area contributed by atoms with Gasteiger partial charge in [0.2, 0.25) is 0 Å². The summed E-state index contributed by atoms with van der Waals surface area (Å²) >= 11 is 0. The molecule has 22 heavy (non-hydrogen) atoms. The second-order valence-electron chi connectivity index (χ2n) is 6.24. The Hall–Kier alpha value is 0.180. The topological polar surface area (TPSA) is 193 Å². The summed E-state index contributed by atoms with van der Waals surface area (Å²) in [7, 11) is -9.14. The molecule has 9 nitrogen and oxygen atoms in total. The maximum absolute atomic E-state index is 11.7. The lowest BCUT2D eigenvalue weighted by atomic mass is 9.72. The number of rotatable bonds is 5. The Balaban J connectivity index is 3.14. The molecule has 1 saturated carbocycles. The normalized spacial score (nSPS) is 29.0. The second-order valence-corrected chi connectivity index (χ2v) is 9.84. The van der Waals surface area contributed by atoms with Crippen molar-refractivity contribution in [1.82, 2.24) is 0 Å². The molecule has 0 amide bonds. The van der Waals surface area contributed by atoms with Gasteiger partial charge in [-0.05, 0) is 25.2 Å². The zero-order chi connectivity index (χ0) is 17.2. The van der Waals surface area contributed by atoms with Crippen LogP contribution in [0.4, 0.5) is 0 Å². The minimum atomic E-state index is -4.90. The molecule has 0 saturated heterocycles. The van der Waals surface area contributed by atoms with Crippen molar-refractivity contribution in [2.24, 2.45) is 23.1 Å². The van der Waals surface area contributed by atoms with Gasteiger partial charge in [-0.3, -0.25) is 9.13 Å². The second kappa shape index (κ2) is 6.97. The summed E-state index contributed by atoms with van der Waals surface area (Å²) in [6.07, 6.45) is 3.44. The monoisotopic (exact) mass is 359 g/mol. The van der Waals surface area contributed by atoms with Crippen molar-refractivity contribution >= 4 is 15.2 Å². The predicted octanol–water partition coefficient (Wildman–Crippen LogP) is -0.0290. The summed E-state index contributed by atoms with van der Waals surface area (Å²) in [6, 6.07) is 0. The molecule has 0 bridgehead atoms. The fourth-order valence-electron chi connectivity index (χ4n) is 3.15. The van der Waals surface area contributed by atoms with Gasteiger partial charge in [0.15, 0.2) is 5.40 Å². The standard InChI is InChI=1S/C11H27N3O6P2/c12-10(11(13,14)22(18,19)20)7-4-2-1-3-5-9(10)6-8-21(15,16)17/h9H,1-8,12-14H2,(H2,15,16,17)(H2,18,19,20). The molecule has 0 spiro atoms. The smallest absolute Gasteiger partial charge is 0.324 e. The van der Waals surface area contributed by atoms with E-state index < -0.39 is 38.2 Å². The molecule has 0 aromatic carbocycles. The predicted molar refractivity (Wildman–Crippen MR) is 82.8 cm³/mol. The molecule has 1 fully saturated rings. The van der Waals surface area contributed by atoms with E-state index in [1.54, 1.807) is 0 Å². The quantitative estimate of drug-likeness (QED) is 0.261. The van der Waals surface area contributed by atoms with Crippen molar-refractivity contribution in [3.8, 4) is 0 Å². The summed E-state index contributed by atoms with van der Waals surface area (Å²) in [4.78, 5) is 37.1. The minimum absolute atomic E-state index is 0.0247. The van der Waals surface area contributed by atoms with Crippen LogP contribution < -0.4 is 17.2 Å². The van der Waals surface area contributed by atoms with Gasteiger partial charge in [-0.25, -0.2) is 0 Å². The van der Waals surface area contributed by atoms with Crippen LogP contribution in [-0.4, -0.2) is 36.7 Å². The Morgan fingerprint density at radius 1 is 1.05 bits per heavy atom. The molecule has 10 N–H and O–H groups in total.